The van der Waals surface area contributed by atoms with Gasteiger partial charge in [-0.1, -0.05) is 31.5 Å². The molecule has 0 amide bonds. The van der Waals surface area contributed by atoms with Gasteiger partial charge in [-0.25, -0.2) is 4.99 Å². The summed E-state index contributed by atoms with van der Waals surface area (Å²) in [6, 6.07) is 8.55. The average Bonchev–Trinajstić information content (AvgIpc) is 2.61. The molecule has 5 heteroatoms. The van der Waals surface area contributed by atoms with Crippen LogP contribution in [-0.4, -0.2) is 45.4 Å². The van der Waals surface area contributed by atoms with Crippen LogP contribution in [0.5, 0.6) is 0 Å². The summed E-state index contributed by atoms with van der Waals surface area (Å²) >= 11 is 0. The molecule has 1 aliphatic rings. The van der Waals surface area contributed by atoms with Gasteiger partial charge < -0.3 is 20.3 Å². The molecule has 1 saturated heterocycles. The monoisotopic (exact) mass is 318 g/mol. The topological polar surface area (TPSA) is 48.9 Å². The fraction of sp³-hybridized carbons (Fsp3) is 0.611. The zero-order chi connectivity index (χ0) is 16.3. The van der Waals surface area contributed by atoms with Crippen LogP contribution in [0.2, 0.25) is 0 Å². The Kier molecular flexibility index (Phi) is 7.73. The zero-order valence-electron chi connectivity index (χ0n) is 14.5. The largest absolute Gasteiger partial charge is 0.378 e. The van der Waals surface area contributed by atoms with Gasteiger partial charge in [-0.05, 0) is 25.0 Å². The molecule has 0 unspecified atom stereocenters. The highest BCUT2D eigenvalue weighted by Crippen LogP contribution is 2.22. The quantitative estimate of drug-likeness (QED) is 0.460. The fourth-order valence-corrected chi connectivity index (χ4v) is 2.65. The first-order valence-corrected chi connectivity index (χ1v) is 8.78. The lowest BCUT2D eigenvalue weighted by Crippen LogP contribution is -2.38. The van der Waals surface area contributed by atoms with E-state index in [9.17, 15) is 0 Å². The van der Waals surface area contributed by atoms with Crippen LogP contribution in [0.25, 0.3) is 0 Å². The molecule has 1 aliphatic heterocycles. The molecule has 0 bridgehead atoms. The standard InChI is InChI=1S/C18H30N4O/c1-3-5-10-20-18(19-4-2)21-15-16-8-6-7-9-17(16)22-11-13-23-14-12-22/h6-9H,3-5,10-15H2,1-2H3,(H2,19,20,21). The third-order valence-corrected chi connectivity index (χ3v) is 3.92. The SMILES string of the molecule is CCCCNC(=NCc1ccccc1N1CCOCC1)NCC. The molecule has 0 saturated carbocycles. The Morgan fingerprint density at radius 2 is 1.96 bits per heavy atom. The molecule has 2 rings (SSSR count). The molecule has 0 radical (unpaired) electrons. The summed E-state index contributed by atoms with van der Waals surface area (Å²) in [5.74, 6) is 0.901. The second kappa shape index (κ2) is 10.1. The first-order valence-electron chi connectivity index (χ1n) is 8.78. The molecule has 1 heterocycles. The Balaban J connectivity index is 2.03. The Hall–Kier alpha value is -1.75. The van der Waals surface area contributed by atoms with Crippen LogP contribution in [0.4, 0.5) is 5.69 Å². The minimum absolute atomic E-state index is 0.689. The van der Waals surface area contributed by atoms with Crippen LogP contribution >= 0.6 is 0 Å². The summed E-state index contributed by atoms with van der Waals surface area (Å²) in [4.78, 5) is 7.14. The highest BCUT2D eigenvalue weighted by atomic mass is 16.5. The number of para-hydroxylation sites is 1. The molecule has 5 nitrogen and oxygen atoms in total. The number of benzene rings is 1. The van der Waals surface area contributed by atoms with Crippen LogP contribution in [0.3, 0.4) is 0 Å². The van der Waals surface area contributed by atoms with E-state index in [1.165, 1.54) is 17.7 Å². The van der Waals surface area contributed by atoms with Gasteiger partial charge in [0.15, 0.2) is 5.96 Å². The summed E-state index contributed by atoms with van der Waals surface area (Å²) in [5, 5.41) is 6.71. The predicted octanol–water partition coefficient (Wildman–Crippen LogP) is 2.38. The van der Waals surface area contributed by atoms with Crippen LogP contribution in [-0.2, 0) is 11.3 Å². The van der Waals surface area contributed by atoms with Crippen molar-refractivity contribution in [2.24, 2.45) is 4.99 Å². The van der Waals surface area contributed by atoms with Gasteiger partial charge in [0.25, 0.3) is 0 Å². The number of nitrogens with zero attached hydrogens (tertiary/aromatic N) is 2. The van der Waals surface area contributed by atoms with Gasteiger partial charge >= 0.3 is 0 Å². The number of anilines is 1. The minimum atomic E-state index is 0.689. The maximum atomic E-state index is 5.46. The van der Waals surface area contributed by atoms with E-state index >= 15 is 0 Å². The second-order valence-electron chi connectivity index (χ2n) is 5.70. The third kappa shape index (κ3) is 5.75. The number of rotatable bonds is 7. The van der Waals surface area contributed by atoms with E-state index in [2.05, 4.69) is 53.6 Å². The van der Waals surface area contributed by atoms with Gasteiger partial charge in [0.2, 0.25) is 0 Å². The van der Waals surface area contributed by atoms with Gasteiger partial charge in [0.1, 0.15) is 0 Å². The molecule has 2 N–H and O–H groups in total. The van der Waals surface area contributed by atoms with E-state index in [0.29, 0.717) is 6.54 Å². The van der Waals surface area contributed by atoms with Crippen molar-refractivity contribution < 1.29 is 4.74 Å². The van der Waals surface area contributed by atoms with E-state index in [0.717, 1.165) is 51.8 Å². The Bertz CT molecular complexity index is 484. The molecule has 0 spiro atoms. The van der Waals surface area contributed by atoms with E-state index in [-0.39, 0.29) is 0 Å². The van der Waals surface area contributed by atoms with Crippen LogP contribution < -0.4 is 15.5 Å². The normalized spacial score (nSPS) is 15.6. The first-order chi connectivity index (χ1) is 11.3. The van der Waals surface area contributed by atoms with Gasteiger partial charge in [-0.3, -0.25) is 0 Å². The van der Waals surface area contributed by atoms with Crippen LogP contribution in [0, 0.1) is 0 Å². The Labute approximate surface area is 140 Å². The fourth-order valence-electron chi connectivity index (χ4n) is 2.65. The first kappa shape index (κ1) is 17.6. The Morgan fingerprint density at radius 3 is 2.70 bits per heavy atom. The Morgan fingerprint density at radius 1 is 1.17 bits per heavy atom. The van der Waals surface area contributed by atoms with Crippen molar-refractivity contribution in [1.82, 2.24) is 10.6 Å². The lowest BCUT2D eigenvalue weighted by Gasteiger charge is -2.30. The number of unbranched alkanes of at least 4 members (excludes halogenated alkanes) is 1. The van der Waals surface area contributed by atoms with Crippen LogP contribution in [0.15, 0.2) is 29.3 Å². The van der Waals surface area contributed by atoms with Gasteiger partial charge in [-0.2, -0.15) is 0 Å². The number of nitrogens with one attached hydrogen (secondary N) is 2. The smallest absolute Gasteiger partial charge is 0.191 e. The number of hydrogen-bond donors (Lipinski definition) is 2. The summed E-state index contributed by atoms with van der Waals surface area (Å²) in [5.41, 5.74) is 2.55. The van der Waals surface area contributed by atoms with E-state index in [1.807, 2.05) is 0 Å². The lowest BCUT2D eigenvalue weighted by molar-refractivity contribution is 0.122. The molecule has 128 valence electrons. The number of hydrogen-bond acceptors (Lipinski definition) is 3. The van der Waals surface area contributed by atoms with Crippen molar-refractivity contribution in [3.05, 3.63) is 29.8 Å². The number of morpholine rings is 1. The van der Waals surface area contributed by atoms with E-state index < -0.39 is 0 Å². The van der Waals surface area contributed by atoms with Crippen molar-refractivity contribution in [2.75, 3.05) is 44.3 Å². The van der Waals surface area contributed by atoms with Crippen LogP contribution in [0.1, 0.15) is 32.3 Å². The number of ether oxygens (including phenoxy) is 1. The highest BCUT2D eigenvalue weighted by molar-refractivity contribution is 5.79. The summed E-state index contributed by atoms with van der Waals surface area (Å²) in [6.45, 7) is 10.3. The third-order valence-electron chi connectivity index (χ3n) is 3.92. The van der Waals surface area contributed by atoms with Gasteiger partial charge in [0.05, 0.1) is 19.8 Å². The molecular weight excluding hydrogens is 288 g/mol. The molecular formula is C18H30N4O. The van der Waals surface area contributed by atoms with Crippen molar-refractivity contribution in [1.29, 1.82) is 0 Å². The lowest BCUT2D eigenvalue weighted by atomic mass is 10.1. The minimum Gasteiger partial charge on any atom is -0.378 e. The molecule has 0 aliphatic carbocycles. The zero-order valence-corrected chi connectivity index (χ0v) is 14.5. The van der Waals surface area contributed by atoms with E-state index in [4.69, 9.17) is 9.73 Å². The summed E-state index contributed by atoms with van der Waals surface area (Å²) in [7, 11) is 0. The molecule has 1 fully saturated rings. The summed E-state index contributed by atoms with van der Waals surface area (Å²) in [6.07, 6.45) is 2.35. The van der Waals surface area contributed by atoms with Crippen molar-refractivity contribution >= 4 is 11.6 Å². The second-order valence-corrected chi connectivity index (χ2v) is 5.70. The molecule has 1 aromatic carbocycles. The van der Waals surface area contributed by atoms with E-state index in [1.54, 1.807) is 0 Å². The molecule has 1 aromatic rings. The maximum absolute atomic E-state index is 5.46. The number of aliphatic imine (C=N–C) groups is 1. The van der Waals surface area contributed by atoms with Crippen molar-refractivity contribution in [3.63, 3.8) is 0 Å². The summed E-state index contributed by atoms with van der Waals surface area (Å²) < 4.78 is 5.46. The molecule has 0 aromatic heterocycles. The average molecular weight is 318 g/mol. The predicted molar refractivity (Wildman–Crippen MR) is 97.2 cm³/mol. The molecule has 23 heavy (non-hydrogen) atoms. The van der Waals surface area contributed by atoms with Gasteiger partial charge in [-0.15, -0.1) is 0 Å². The van der Waals surface area contributed by atoms with Crippen molar-refractivity contribution in [3.8, 4) is 0 Å². The molecule has 0 atom stereocenters. The van der Waals surface area contributed by atoms with Crippen molar-refractivity contribution in [2.45, 2.75) is 33.2 Å². The number of guanidine groups is 1. The maximum Gasteiger partial charge on any atom is 0.191 e. The highest BCUT2D eigenvalue weighted by Gasteiger charge is 2.14. The van der Waals surface area contributed by atoms with Gasteiger partial charge in [0, 0.05) is 31.9 Å².